The van der Waals surface area contributed by atoms with Gasteiger partial charge in [-0.05, 0) is 49.1 Å². The average Bonchev–Trinajstić information content (AvgIpc) is 2.78. The minimum atomic E-state index is -0.561. The molecule has 6 nitrogen and oxygen atoms in total. The quantitative estimate of drug-likeness (QED) is 0.560. The summed E-state index contributed by atoms with van der Waals surface area (Å²) in [4.78, 5) is 27.6. The van der Waals surface area contributed by atoms with Gasteiger partial charge in [0.15, 0.2) is 11.5 Å². The molecule has 0 unspecified atom stereocenters. The highest BCUT2D eigenvalue weighted by Crippen LogP contribution is 2.28. The highest BCUT2D eigenvalue weighted by molar-refractivity contribution is 6.31. The number of ether oxygens (including phenoxy) is 2. The van der Waals surface area contributed by atoms with Crippen LogP contribution >= 0.6 is 11.6 Å². The van der Waals surface area contributed by atoms with Gasteiger partial charge in [0.05, 0.1) is 14.2 Å². The zero-order chi connectivity index (χ0) is 22.8. The molecule has 1 N–H and O–H groups in total. The number of methoxy groups -OCH3 is 2. The average molecular weight is 447 g/mol. The van der Waals surface area contributed by atoms with E-state index in [1.165, 1.54) is 0 Å². The summed E-state index contributed by atoms with van der Waals surface area (Å²) in [7, 11) is 3.16. The number of carbonyl (C=O) groups excluding carboxylic acids is 2. The number of nitrogens with zero attached hydrogens (tertiary/aromatic N) is 1. The van der Waals surface area contributed by atoms with Crippen molar-refractivity contribution in [3.05, 3.63) is 58.6 Å². The van der Waals surface area contributed by atoms with E-state index < -0.39 is 6.04 Å². The molecule has 31 heavy (non-hydrogen) atoms. The van der Waals surface area contributed by atoms with Crippen molar-refractivity contribution < 1.29 is 19.1 Å². The Morgan fingerprint density at radius 1 is 1.06 bits per heavy atom. The number of nitrogens with one attached hydrogen (secondary N) is 1. The monoisotopic (exact) mass is 446 g/mol. The molecule has 0 radical (unpaired) electrons. The van der Waals surface area contributed by atoms with Gasteiger partial charge in [-0.1, -0.05) is 42.8 Å². The van der Waals surface area contributed by atoms with E-state index in [4.69, 9.17) is 21.1 Å². The molecule has 2 aromatic carbocycles. The Kier molecular flexibility index (Phi) is 9.66. The Hall–Kier alpha value is -2.73. The maximum absolute atomic E-state index is 13.3. The number of carbonyl (C=O) groups is 2. The second-order valence-corrected chi connectivity index (χ2v) is 7.53. The third-order valence-electron chi connectivity index (χ3n) is 5.11. The SMILES string of the molecule is CCNC(=O)[C@H](CC)N(Cc1ccccc1Cl)C(=O)CCc1ccc(OC)c(OC)c1. The van der Waals surface area contributed by atoms with Gasteiger partial charge in [0.1, 0.15) is 6.04 Å². The molecule has 1 atom stereocenters. The van der Waals surface area contributed by atoms with Crippen molar-refractivity contribution in [3.8, 4) is 11.5 Å². The van der Waals surface area contributed by atoms with Crippen LogP contribution in [0.5, 0.6) is 11.5 Å². The van der Waals surface area contributed by atoms with Crippen LogP contribution in [0.3, 0.4) is 0 Å². The molecule has 0 heterocycles. The van der Waals surface area contributed by atoms with Crippen LogP contribution in [0, 0.1) is 0 Å². The highest BCUT2D eigenvalue weighted by atomic mass is 35.5. The second kappa shape index (κ2) is 12.2. The number of amides is 2. The molecule has 0 fully saturated rings. The second-order valence-electron chi connectivity index (χ2n) is 7.12. The predicted octanol–water partition coefficient (Wildman–Crippen LogP) is 4.23. The van der Waals surface area contributed by atoms with E-state index in [1.54, 1.807) is 25.2 Å². The van der Waals surface area contributed by atoms with Gasteiger partial charge in [-0.25, -0.2) is 0 Å². The summed E-state index contributed by atoms with van der Waals surface area (Å²) in [6.07, 6.45) is 1.29. The van der Waals surface area contributed by atoms with Crippen molar-refractivity contribution in [3.63, 3.8) is 0 Å². The number of hydrogen-bond acceptors (Lipinski definition) is 4. The van der Waals surface area contributed by atoms with Crippen LogP contribution in [-0.2, 0) is 22.6 Å². The van der Waals surface area contributed by atoms with E-state index in [2.05, 4.69) is 5.32 Å². The number of aryl methyl sites for hydroxylation is 1. The molecule has 0 aliphatic carbocycles. The van der Waals surface area contributed by atoms with E-state index in [0.29, 0.717) is 35.9 Å². The topological polar surface area (TPSA) is 67.9 Å². The third kappa shape index (κ3) is 6.62. The first-order chi connectivity index (χ1) is 14.9. The van der Waals surface area contributed by atoms with E-state index in [9.17, 15) is 9.59 Å². The van der Waals surface area contributed by atoms with E-state index in [0.717, 1.165) is 11.1 Å². The molecule has 0 aliphatic rings. The van der Waals surface area contributed by atoms with Crippen LogP contribution in [0.4, 0.5) is 0 Å². The molecular weight excluding hydrogens is 416 g/mol. The van der Waals surface area contributed by atoms with Gasteiger partial charge in [-0.3, -0.25) is 9.59 Å². The van der Waals surface area contributed by atoms with Gasteiger partial charge < -0.3 is 19.7 Å². The largest absolute Gasteiger partial charge is 0.493 e. The summed E-state index contributed by atoms with van der Waals surface area (Å²) in [5, 5.41) is 3.41. The Bertz CT molecular complexity index is 888. The van der Waals surface area contributed by atoms with Crippen LogP contribution < -0.4 is 14.8 Å². The summed E-state index contributed by atoms with van der Waals surface area (Å²) in [5.41, 5.74) is 1.76. The lowest BCUT2D eigenvalue weighted by Crippen LogP contribution is -2.49. The molecule has 0 aromatic heterocycles. The summed E-state index contributed by atoms with van der Waals surface area (Å²) in [6, 6.07) is 12.4. The predicted molar refractivity (Wildman–Crippen MR) is 123 cm³/mol. The molecule has 2 amide bonds. The van der Waals surface area contributed by atoms with Crippen LogP contribution in [0.2, 0.25) is 5.02 Å². The van der Waals surface area contributed by atoms with Crippen molar-refractivity contribution in [1.29, 1.82) is 0 Å². The first-order valence-electron chi connectivity index (χ1n) is 10.5. The van der Waals surface area contributed by atoms with Gasteiger partial charge in [0, 0.05) is 24.5 Å². The fourth-order valence-corrected chi connectivity index (χ4v) is 3.65. The standard InChI is InChI=1S/C24H31ClN2O4/c1-5-20(24(29)26-6-2)27(16-18-9-7-8-10-19(18)25)23(28)14-12-17-11-13-21(30-3)22(15-17)31-4/h7-11,13,15,20H,5-6,12,14,16H2,1-4H3,(H,26,29)/t20-/m0/s1. The van der Waals surface area contributed by atoms with Gasteiger partial charge in [-0.15, -0.1) is 0 Å². The maximum Gasteiger partial charge on any atom is 0.242 e. The van der Waals surface area contributed by atoms with Gasteiger partial charge >= 0.3 is 0 Å². The van der Waals surface area contributed by atoms with Crippen LogP contribution in [0.15, 0.2) is 42.5 Å². The lowest BCUT2D eigenvalue weighted by Gasteiger charge is -2.31. The summed E-state index contributed by atoms with van der Waals surface area (Å²) in [6.45, 7) is 4.55. The van der Waals surface area contributed by atoms with E-state index >= 15 is 0 Å². The molecule has 0 aliphatic heterocycles. The minimum absolute atomic E-state index is 0.104. The number of hydrogen-bond donors (Lipinski definition) is 1. The fourth-order valence-electron chi connectivity index (χ4n) is 3.45. The Labute approximate surface area is 189 Å². The minimum Gasteiger partial charge on any atom is -0.493 e. The highest BCUT2D eigenvalue weighted by Gasteiger charge is 2.28. The third-order valence-corrected chi connectivity index (χ3v) is 5.48. The molecule has 7 heteroatoms. The summed E-state index contributed by atoms with van der Waals surface area (Å²) >= 11 is 6.33. The van der Waals surface area contributed by atoms with Gasteiger partial charge in [-0.2, -0.15) is 0 Å². The van der Waals surface area contributed by atoms with E-state index in [-0.39, 0.29) is 24.8 Å². The number of halogens is 1. The van der Waals surface area contributed by atoms with Crippen molar-refractivity contribution in [1.82, 2.24) is 10.2 Å². The van der Waals surface area contributed by atoms with E-state index in [1.807, 2.05) is 50.2 Å². The zero-order valence-electron chi connectivity index (χ0n) is 18.6. The first-order valence-corrected chi connectivity index (χ1v) is 10.8. The smallest absolute Gasteiger partial charge is 0.242 e. The summed E-state index contributed by atoms with van der Waals surface area (Å²) in [5.74, 6) is 0.999. The van der Waals surface area contributed by atoms with Crippen molar-refractivity contribution in [2.75, 3.05) is 20.8 Å². The van der Waals surface area contributed by atoms with Gasteiger partial charge in [0.25, 0.3) is 0 Å². The van der Waals surface area contributed by atoms with Crippen LogP contribution in [-0.4, -0.2) is 43.5 Å². The van der Waals surface area contributed by atoms with Gasteiger partial charge in [0.2, 0.25) is 11.8 Å². The first kappa shape index (κ1) is 24.5. The summed E-state index contributed by atoms with van der Waals surface area (Å²) < 4.78 is 10.6. The molecule has 0 saturated carbocycles. The Morgan fingerprint density at radius 2 is 1.77 bits per heavy atom. The van der Waals surface area contributed by atoms with Crippen LogP contribution in [0.25, 0.3) is 0 Å². The Morgan fingerprint density at radius 3 is 2.39 bits per heavy atom. The molecule has 0 bridgehead atoms. The number of rotatable bonds is 11. The maximum atomic E-state index is 13.3. The number of likely N-dealkylation sites (N-methyl/N-ethyl adjacent to an activating group) is 1. The molecular formula is C24H31ClN2O4. The Balaban J connectivity index is 2.22. The van der Waals surface area contributed by atoms with Crippen molar-refractivity contribution in [2.24, 2.45) is 0 Å². The van der Waals surface area contributed by atoms with Crippen molar-refractivity contribution >= 4 is 23.4 Å². The lowest BCUT2D eigenvalue weighted by atomic mass is 10.1. The molecule has 2 rings (SSSR count). The fraction of sp³-hybridized carbons (Fsp3) is 0.417. The lowest BCUT2D eigenvalue weighted by molar-refractivity contribution is -0.141. The molecule has 2 aromatic rings. The zero-order valence-corrected chi connectivity index (χ0v) is 19.4. The molecule has 0 saturated heterocycles. The number of benzene rings is 2. The van der Waals surface area contributed by atoms with Crippen LogP contribution in [0.1, 0.15) is 37.8 Å². The molecule has 168 valence electrons. The normalized spacial score (nSPS) is 11.5. The molecule has 0 spiro atoms. The van der Waals surface area contributed by atoms with Crippen molar-refractivity contribution in [2.45, 2.75) is 45.7 Å².